The van der Waals surface area contributed by atoms with Crippen LogP contribution in [0.3, 0.4) is 0 Å². The molecule has 0 aromatic carbocycles. The predicted molar refractivity (Wildman–Crippen MR) is 43.6 cm³/mol. The lowest BCUT2D eigenvalue weighted by molar-refractivity contribution is 0.0127. The molecule has 0 radical (unpaired) electrons. The average molecular weight is 192 g/mol. The standard InChI is InChI=1S/C8H8ClF2N/c1-5-3-6(8(2,10)11)12-7(9)4-5/h3-4H,1-2H3. The fourth-order valence-corrected chi connectivity index (χ4v) is 1.11. The predicted octanol–water partition coefficient (Wildman–Crippen LogP) is 3.16. The molecule has 0 aliphatic heterocycles. The normalized spacial score (nSPS) is 11.8. The maximum Gasteiger partial charge on any atom is 0.287 e. The van der Waals surface area contributed by atoms with Crippen molar-refractivity contribution < 1.29 is 8.78 Å². The Morgan fingerprint density at radius 3 is 2.42 bits per heavy atom. The number of alkyl halides is 2. The van der Waals surface area contributed by atoms with Crippen LogP contribution < -0.4 is 0 Å². The van der Waals surface area contributed by atoms with Crippen molar-refractivity contribution in [2.45, 2.75) is 19.8 Å². The molecular formula is C8H8ClF2N. The highest BCUT2D eigenvalue weighted by molar-refractivity contribution is 6.29. The highest BCUT2D eigenvalue weighted by atomic mass is 35.5. The van der Waals surface area contributed by atoms with E-state index in [0.29, 0.717) is 5.56 Å². The van der Waals surface area contributed by atoms with Crippen LogP contribution in [0.25, 0.3) is 0 Å². The van der Waals surface area contributed by atoms with Crippen molar-refractivity contribution in [3.63, 3.8) is 0 Å². The first kappa shape index (κ1) is 9.39. The molecule has 0 saturated carbocycles. The van der Waals surface area contributed by atoms with E-state index in [1.165, 1.54) is 12.1 Å². The highest BCUT2D eigenvalue weighted by Gasteiger charge is 2.26. The largest absolute Gasteiger partial charge is 0.287 e. The van der Waals surface area contributed by atoms with Crippen LogP contribution in [0.1, 0.15) is 18.2 Å². The van der Waals surface area contributed by atoms with Crippen molar-refractivity contribution in [3.8, 4) is 0 Å². The molecule has 0 amide bonds. The Labute approximate surface area is 74.4 Å². The lowest BCUT2D eigenvalue weighted by Crippen LogP contribution is -2.09. The number of aromatic nitrogens is 1. The summed E-state index contributed by atoms with van der Waals surface area (Å²) in [6, 6.07) is 2.86. The van der Waals surface area contributed by atoms with Gasteiger partial charge in [-0.1, -0.05) is 11.6 Å². The van der Waals surface area contributed by atoms with Crippen LogP contribution >= 0.6 is 11.6 Å². The van der Waals surface area contributed by atoms with Gasteiger partial charge in [0.25, 0.3) is 5.92 Å². The van der Waals surface area contributed by atoms with Gasteiger partial charge >= 0.3 is 0 Å². The van der Waals surface area contributed by atoms with E-state index in [4.69, 9.17) is 11.6 Å². The maximum atomic E-state index is 12.7. The molecule has 66 valence electrons. The lowest BCUT2D eigenvalue weighted by atomic mass is 10.2. The van der Waals surface area contributed by atoms with Crippen LogP contribution in [-0.4, -0.2) is 4.98 Å². The van der Waals surface area contributed by atoms with Crippen LogP contribution in [0.4, 0.5) is 8.78 Å². The molecule has 0 bridgehead atoms. The number of halogens is 3. The van der Waals surface area contributed by atoms with Gasteiger partial charge in [0.05, 0.1) is 0 Å². The molecule has 4 heteroatoms. The summed E-state index contributed by atoms with van der Waals surface area (Å²) in [5, 5.41) is 0.103. The number of pyridine rings is 1. The van der Waals surface area contributed by atoms with Gasteiger partial charge in [-0.3, -0.25) is 0 Å². The first-order valence-electron chi connectivity index (χ1n) is 3.42. The second kappa shape index (κ2) is 2.98. The molecule has 1 heterocycles. The zero-order valence-electron chi connectivity index (χ0n) is 6.74. The van der Waals surface area contributed by atoms with Crippen LogP contribution in [0.2, 0.25) is 5.15 Å². The van der Waals surface area contributed by atoms with E-state index in [0.717, 1.165) is 6.92 Å². The molecular weight excluding hydrogens is 184 g/mol. The summed E-state index contributed by atoms with van der Waals surface area (Å²) in [5.74, 6) is -2.92. The topological polar surface area (TPSA) is 12.9 Å². The Morgan fingerprint density at radius 1 is 1.42 bits per heavy atom. The molecule has 0 N–H and O–H groups in total. The summed E-state index contributed by atoms with van der Waals surface area (Å²) < 4.78 is 25.4. The van der Waals surface area contributed by atoms with Crippen LogP contribution in [0, 0.1) is 6.92 Å². The fourth-order valence-electron chi connectivity index (χ4n) is 0.850. The van der Waals surface area contributed by atoms with Gasteiger partial charge in [0, 0.05) is 6.92 Å². The van der Waals surface area contributed by atoms with Gasteiger partial charge in [0.1, 0.15) is 10.8 Å². The third kappa shape index (κ3) is 2.14. The summed E-state index contributed by atoms with van der Waals surface area (Å²) in [7, 11) is 0. The summed E-state index contributed by atoms with van der Waals surface area (Å²) >= 11 is 5.51. The molecule has 0 spiro atoms. The Hall–Kier alpha value is -0.700. The smallest absolute Gasteiger partial charge is 0.235 e. The zero-order chi connectivity index (χ0) is 9.35. The molecule has 1 aromatic rings. The first-order valence-corrected chi connectivity index (χ1v) is 3.80. The quantitative estimate of drug-likeness (QED) is 0.622. The third-order valence-corrected chi connectivity index (χ3v) is 1.58. The third-order valence-electron chi connectivity index (χ3n) is 1.39. The summed E-state index contributed by atoms with van der Waals surface area (Å²) in [6.45, 7) is 2.49. The minimum absolute atomic E-state index is 0.103. The second-order valence-corrected chi connectivity index (χ2v) is 3.13. The van der Waals surface area contributed by atoms with E-state index >= 15 is 0 Å². The van der Waals surface area contributed by atoms with E-state index in [1.807, 2.05) is 0 Å². The van der Waals surface area contributed by atoms with Gasteiger partial charge in [-0.25, -0.2) is 4.98 Å². The van der Waals surface area contributed by atoms with Crippen LogP contribution in [0.15, 0.2) is 12.1 Å². The van der Waals surface area contributed by atoms with Crippen molar-refractivity contribution in [2.75, 3.05) is 0 Å². The highest BCUT2D eigenvalue weighted by Crippen LogP contribution is 2.26. The molecule has 0 unspecified atom stereocenters. The molecule has 1 nitrogen and oxygen atoms in total. The average Bonchev–Trinajstić information content (AvgIpc) is 1.82. The van der Waals surface area contributed by atoms with E-state index in [9.17, 15) is 8.78 Å². The van der Waals surface area contributed by atoms with Crippen molar-refractivity contribution >= 4 is 11.6 Å². The molecule has 0 aliphatic carbocycles. The van der Waals surface area contributed by atoms with E-state index in [2.05, 4.69) is 4.98 Å². The SMILES string of the molecule is Cc1cc(Cl)nc(C(C)(F)F)c1. The number of hydrogen-bond donors (Lipinski definition) is 0. The minimum atomic E-state index is -2.92. The number of rotatable bonds is 1. The Balaban J connectivity index is 3.18. The van der Waals surface area contributed by atoms with Crippen molar-refractivity contribution in [1.29, 1.82) is 0 Å². The van der Waals surface area contributed by atoms with Crippen LogP contribution in [-0.2, 0) is 5.92 Å². The van der Waals surface area contributed by atoms with Gasteiger partial charge in [-0.15, -0.1) is 0 Å². The molecule has 0 fully saturated rings. The van der Waals surface area contributed by atoms with Crippen molar-refractivity contribution in [2.24, 2.45) is 0 Å². The Kier molecular flexibility index (Phi) is 2.33. The van der Waals surface area contributed by atoms with E-state index < -0.39 is 5.92 Å². The van der Waals surface area contributed by atoms with Crippen molar-refractivity contribution in [1.82, 2.24) is 4.98 Å². The Bertz CT molecular complexity index is 273. The molecule has 0 saturated heterocycles. The Morgan fingerprint density at radius 2 is 2.00 bits per heavy atom. The minimum Gasteiger partial charge on any atom is -0.235 e. The molecule has 0 aliphatic rings. The molecule has 1 aromatic heterocycles. The first-order chi connectivity index (χ1) is 5.39. The van der Waals surface area contributed by atoms with Gasteiger partial charge in [-0.2, -0.15) is 8.78 Å². The molecule has 0 atom stereocenters. The second-order valence-electron chi connectivity index (χ2n) is 2.74. The molecule has 1 rings (SSSR count). The summed E-state index contributed by atoms with van der Waals surface area (Å²) in [6.07, 6.45) is 0. The summed E-state index contributed by atoms with van der Waals surface area (Å²) in [4.78, 5) is 3.52. The zero-order valence-corrected chi connectivity index (χ0v) is 7.49. The van der Waals surface area contributed by atoms with Gasteiger partial charge in [0.15, 0.2) is 0 Å². The van der Waals surface area contributed by atoms with E-state index in [1.54, 1.807) is 6.92 Å². The van der Waals surface area contributed by atoms with Gasteiger partial charge in [0.2, 0.25) is 0 Å². The monoisotopic (exact) mass is 191 g/mol. The van der Waals surface area contributed by atoms with Gasteiger partial charge in [-0.05, 0) is 24.6 Å². The number of nitrogens with zero attached hydrogens (tertiary/aromatic N) is 1. The fraction of sp³-hybridized carbons (Fsp3) is 0.375. The summed E-state index contributed by atoms with van der Waals surface area (Å²) in [5.41, 5.74) is 0.402. The number of aryl methyl sites for hydroxylation is 1. The van der Waals surface area contributed by atoms with Gasteiger partial charge < -0.3 is 0 Å². The van der Waals surface area contributed by atoms with Crippen molar-refractivity contribution in [3.05, 3.63) is 28.5 Å². The maximum absolute atomic E-state index is 12.7. The molecule has 12 heavy (non-hydrogen) atoms. The number of hydrogen-bond acceptors (Lipinski definition) is 1. The lowest BCUT2D eigenvalue weighted by Gasteiger charge is -2.09. The van der Waals surface area contributed by atoms with E-state index in [-0.39, 0.29) is 10.8 Å². The van der Waals surface area contributed by atoms with Crippen LogP contribution in [0.5, 0.6) is 0 Å².